The van der Waals surface area contributed by atoms with Crippen molar-refractivity contribution in [2.75, 3.05) is 28.3 Å². The van der Waals surface area contributed by atoms with E-state index in [1.54, 1.807) is 0 Å². The van der Waals surface area contributed by atoms with Crippen LogP contribution in [0.4, 0.5) is 0 Å². The summed E-state index contributed by atoms with van der Waals surface area (Å²) in [7, 11) is 2.71. The van der Waals surface area contributed by atoms with E-state index in [4.69, 9.17) is 4.55 Å². The Labute approximate surface area is 67.7 Å². The van der Waals surface area contributed by atoms with E-state index in [0.717, 1.165) is 7.11 Å². The fourth-order valence-corrected chi connectivity index (χ4v) is 0. The molecular weight excluding hydrogens is 172 g/mol. The van der Waals surface area contributed by atoms with Gasteiger partial charge in [-0.1, -0.05) is 0 Å². The van der Waals surface area contributed by atoms with Crippen molar-refractivity contribution < 1.29 is 17.2 Å². The van der Waals surface area contributed by atoms with Crippen LogP contribution in [-0.2, 0) is 14.6 Å². The van der Waals surface area contributed by atoms with E-state index in [-0.39, 0.29) is 6.15 Å². The van der Waals surface area contributed by atoms with Crippen LogP contribution in [0.15, 0.2) is 0 Å². The van der Waals surface area contributed by atoms with Crippen LogP contribution in [0.5, 0.6) is 0 Å². The highest BCUT2D eigenvalue weighted by Crippen LogP contribution is 1.74. The van der Waals surface area contributed by atoms with Gasteiger partial charge in [0.1, 0.15) is 0 Å². The molecule has 0 spiro atoms. The van der Waals surface area contributed by atoms with Gasteiger partial charge in [-0.3, -0.25) is 8.74 Å². The first-order valence-corrected chi connectivity index (χ1v) is 3.80. The van der Waals surface area contributed by atoms with E-state index in [1.165, 1.54) is 0 Å². The molecule has 0 saturated carbocycles. The van der Waals surface area contributed by atoms with Crippen LogP contribution >= 0.6 is 0 Å². The lowest BCUT2D eigenvalue weighted by Crippen LogP contribution is -1.99. The molecule has 7 heteroatoms. The van der Waals surface area contributed by atoms with Gasteiger partial charge in [-0.2, -0.15) is 8.42 Å². The van der Waals surface area contributed by atoms with Crippen molar-refractivity contribution in [2.24, 2.45) is 0 Å². The summed E-state index contributed by atoms with van der Waals surface area (Å²) < 4.78 is 29.7. The molecule has 0 bridgehead atoms. The van der Waals surface area contributed by atoms with E-state index in [2.05, 4.69) is 4.18 Å². The molecule has 11 heavy (non-hydrogen) atoms. The second kappa shape index (κ2) is 7.89. The predicted molar refractivity (Wildman–Crippen MR) is 43.2 cm³/mol. The molecule has 0 unspecified atom stereocenters. The molecule has 0 atom stereocenters. The smallest absolute Gasteiger partial charge is 0.344 e. The summed E-state index contributed by atoms with van der Waals surface area (Å²) in [5.41, 5.74) is 0. The Hall–Kier alpha value is -0.210. The minimum Gasteiger partial charge on any atom is -0.344 e. The van der Waals surface area contributed by atoms with E-state index in [1.807, 2.05) is 26.0 Å². The third-order valence-corrected chi connectivity index (χ3v) is 0.632. The molecule has 6 nitrogen and oxygen atoms in total. The highest BCUT2D eigenvalue weighted by molar-refractivity contribution is 7.80. The Kier molecular flexibility index (Phi) is 12.2. The van der Waals surface area contributed by atoms with Crippen molar-refractivity contribution in [3.8, 4) is 0 Å². The lowest BCUT2D eigenvalue weighted by Gasteiger charge is -1.90. The molecule has 0 aromatic heterocycles. The maximum absolute atomic E-state index is 9.33. The monoisotopic (exact) mass is 188 g/mol. The molecular formula is C4H16N2O4S. The lowest BCUT2D eigenvalue weighted by molar-refractivity contribution is 0.324. The van der Waals surface area contributed by atoms with Gasteiger partial charge in [-0.15, -0.1) is 0 Å². The topological polar surface area (TPSA) is 102 Å². The van der Waals surface area contributed by atoms with Crippen molar-refractivity contribution in [2.45, 2.75) is 0 Å². The Balaban J connectivity index is -0.000000114. The van der Waals surface area contributed by atoms with Crippen molar-refractivity contribution >= 4 is 10.4 Å². The molecule has 4 N–H and O–H groups in total. The fourth-order valence-electron chi connectivity index (χ4n) is 0. The average Bonchev–Trinajstić information content (AvgIpc) is 1.63. The molecule has 0 aromatic rings. The summed E-state index contributed by atoms with van der Waals surface area (Å²) in [6.07, 6.45) is 0. The second-order valence-corrected chi connectivity index (χ2v) is 3.12. The van der Waals surface area contributed by atoms with Gasteiger partial charge in [0, 0.05) is 0 Å². The molecule has 0 heterocycles. The summed E-state index contributed by atoms with van der Waals surface area (Å²) in [5, 5.41) is 0. The summed E-state index contributed by atoms with van der Waals surface area (Å²) in [5.74, 6) is 0. The van der Waals surface area contributed by atoms with Gasteiger partial charge in [0.25, 0.3) is 0 Å². The standard InChI is InChI=1S/C3H9N.CH4O4S.H3N/c1-4(2)3;1-5-6(2,3)4;/h1-3H3;1H3,(H,2,3,4);1H3. The van der Waals surface area contributed by atoms with Crippen LogP contribution < -0.4 is 6.15 Å². The zero-order valence-corrected chi connectivity index (χ0v) is 8.05. The largest absolute Gasteiger partial charge is 0.397 e. The second-order valence-electron chi connectivity index (χ2n) is 1.94. The van der Waals surface area contributed by atoms with Crippen molar-refractivity contribution in [3.63, 3.8) is 0 Å². The predicted octanol–water partition coefficient (Wildman–Crippen LogP) is -0.225. The summed E-state index contributed by atoms with van der Waals surface area (Å²) in [6, 6.07) is 0. The minimum absolute atomic E-state index is 0. The zero-order valence-electron chi connectivity index (χ0n) is 7.23. The normalized spacial score (nSPS) is 9.64. The first-order valence-electron chi connectivity index (χ1n) is 2.43. The van der Waals surface area contributed by atoms with Gasteiger partial charge in [0.15, 0.2) is 0 Å². The minimum atomic E-state index is -4.16. The molecule has 0 rings (SSSR count). The summed E-state index contributed by atoms with van der Waals surface area (Å²) >= 11 is 0. The van der Waals surface area contributed by atoms with Gasteiger partial charge < -0.3 is 11.1 Å². The number of nitrogens with zero attached hydrogens (tertiary/aromatic N) is 1. The third-order valence-electron chi connectivity index (χ3n) is 0.211. The van der Waals surface area contributed by atoms with Crippen LogP contribution in [0.3, 0.4) is 0 Å². The zero-order chi connectivity index (χ0) is 8.78. The Morgan fingerprint density at radius 2 is 1.36 bits per heavy atom. The molecule has 0 aromatic carbocycles. The molecule has 0 saturated heterocycles. The maximum Gasteiger partial charge on any atom is 0.397 e. The number of hydrogen-bond donors (Lipinski definition) is 2. The van der Waals surface area contributed by atoms with E-state index < -0.39 is 10.4 Å². The van der Waals surface area contributed by atoms with Gasteiger partial charge in [0.2, 0.25) is 0 Å². The lowest BCUT2D eigenvalue weighted by atomic mass is 11.0. The van der Waals surface area contributed by atoms with E-state index >= 15 is 0 Å². The first kappa shape index (κ1) is 17.0. The summed E-state index contributed by atoms with van der Waals surface area (Å²) in [6.45, 7) is 0. The molecule has 0 amide bonds. The first-order chi connectivity index (χ1) is 4.29. The SMILES string of the molecule is CN(C)C.COS(=O)(=O)O.N. The molecule has 72 valence electrons. The third kappa shape index (κ3) is 76.3. The van der Waals surface area contributed by atoms with Crippen LogP contribution in [0, 0.1) is 0 Å². The highest BCUT2D eigenvalue weighted by Gasteiger charge is 1.93. The van der Waals surface area contributed by atoms with Crippen molar-refractivity contribution in [1.82, 2.24) is 11.1 Å². The molecule has 0 aliphatic rings. The van der Waals surface area contributed by atoms with Gasteiger partial charge >= 0.3 is 10.4 Å². The van der Waals surface area contributed by atoms with Gasteiger partial charge in [-0.05, 0) is 21.1 Å². The van der Waals surface area contributed by atoms with Crippen LogP contribution in [0.2, 0.25) is 0 Å². The van der Waals surface area contributed by atoms with Gasteiger partial charge in [0.05, 0.1) is 7.11 Å². The Morgan fingerprint density at radius 3 is 1.36 bits per heavy atom. The molecule has 0 aliphatic carbocycles. The number of hydrogen-bond acceptors (Lipinski definition) is 5. The van der Waals surface area contributed by atoms with Crippen LogP contribution in [-0.4, -0.2) is 46.1 Å². The van der Waals surface area contributed by atoms with Gasteiger partial charge in [-0.25, -0.2) is 0 Å². The van der Waals surface area contributed by atoms with Crippen LogP contribution in [0.25, 0.3) is 0 Å². The van der Waals surface area contributed by atoms with Crippen molar-refractivity contribution in [3.05, 3.63) is 0 Å². The quantitative estimate of drug-likeness (QED) is 0.551. The molecule has 0 fully saturated rings. The van der Waals surface area contributed by atoms with Crippen molar-refractivity contribution in [1.29, 1.82) is 0 Å². The van der Waals surface area contributed by atoms with Crippen LogP contribution in [0.1, 0.15) is 0 Å². The average molecular weight is 188 g/mol. The molecule has 0 radical (unpaired) electrons. The number of rotatable bonds is 1. The molecule has 0 aliphatic heterocycles. The highest BCUT2D eigenvalue weighted by atomic mass is 32.3. The maximum atomic E-state index is 9.33. The van der Waals surface area contributed by atoms with E-state index in [9.17, 15) is 8.42 Å². The Bertz CT molecular complexity index is 151. The summed E-state index contributed by atoms with van der Waals surface area (Å²) in [4.78, 5) is 2.00. The van der Waals surface area contributed by atoms with E-state index in [0.29, 0.717) is 0 Å². The fraction of sp³-hybridized carbons (Fsp3) is 1.00. The Morgan fingerprint density at radius 1 is 1.27 bits per heavy atom.